The number of benzene rings is 1. The molecular formula is C14H15N3. The van der Waals surface area contributed by atoms with E-state index in [4.69, 9.17) is 6.42 Å². The zero-order valence-corrected chi connectivity index (χ0v) is 9.85. The van der Waals surface area contributed by atoms with E-state index in [9.17, 15) is 0 Å². The Bertz CT molecular complexity index is 534. The van der Waals surface area contributed by atoms with Crippen LogP contribution in [0.3, 0.4) is 0 Å². The summed E-state index contributed by atoms with van der Waals surface area (Å²) < 4.78 is 1.91. The number of nitrogens with zero attached hydrogens (tertiary/aromatic N) is 2. The number of anilines is 1. The Morgan fingerprint density at radius 1 is 1.47 bits per heavy atom. The van der Waals surface area contributed by atoms with Crippen molar-refractivity contribution in [3.8, 4) is 12.3 Å². The van der Waals surface area contributed by atoms with Crippen LogP contribution < -0.4 is 5.32 Å². The number of nitrogens with one attached hydrogen (secondary N) is 1. The highest BCUT2D eigenvalue weighted by molar-refractivity contribution is 5.50. The van der Waals surface area contributed by atoms with Crippen molar-refractivity contribution in [2.24, 2.45) is 0 Å². The van der Waals surface area contributed by atoms with Gasteiger partial charge in [-0.3, -0.25) is 4.68 Å². The molecule has 0 unspecified atom stereocenters. The van der Waals surface area contributed by atoms with E-state index < -0.39 is 0 Å². The number of rotatable bonds is 4. The van der Waals surface area contributed by atoms with Crippen LogP contribution in [0.4, 0.5) is 5.69 Å². The molecule has 0 saturated carbocycles. The van der Waals surface area contributed by atoms with Gasteiger partial charge in [0.2, 0.25) is 0 Å². The number of hydrogen-bond donors (Lipinski definition) is 1. The number of aryl methyl sites for hydroxylation is 1. The predicted octanol–water partition coefficient (Wildman–Crippen LogP) is 2.50. The lowest BCUT2D eigenvalue weighted by Crippen LogP contribution is -1.98. The van der Waals surface area contributed by atoms with Crippen LogP contribution in [0.1, 0.15) is 18.1 Å². The topological polar surface area (TPSA) is 29.9 Å². The lowest BCUT2D eigenvalue weighted by Gasteiger charge is -2.04. The molecule has 0 aliphatic carbocycles. The van der Waals surface area contributed by atoms with Crippen LogP contribution in [0.5, 0.6) is 0 Å². The third-order valence-electron chi connectivity index (χ3n) is 2.54. The lowest BCUT2D eigenvalue weighted by molar-refractivity contribution is 0.659. The highest BCUT2D eigenvalue weighted by Gasteiger charge is 1.98. The number of terminal acetylenes is 1. The predicted molar refractivity (Wildman–Crippen MR) is 69.6 cm³/mol. The molecule has 1 N–H and O–H groups in total. The van der Waals surface area contributed by atoms with E-state index in [1.165, 1.54) is 0 Å². The van der Waals surface area contributed by atoms with Crippen molar-refractivity contribution in [1.82, 2.24) is 9.78 Å². The fourth-order valence-corrected chi connectivity index (χ4v) is 1.59. The van der Waals surface area contributed by atoms with Gasteiger partial charge >= 0.3 is 0 Å². The largest absolute Gasteiger partial charge is 0.381 e. The fraction of sp³-hybridized carbons (Fsp3) is 0.214. The molecule has 2 rings (SSSR count). The van der Waals surface area contributed by atoms with Crippen LogP contribution in [-0.4, -0.2) is 9.78 Å². The molecule has 0 radical (unpaired) electrons. The van der Waals surface area contributed by atoms with E-state index in [0.717, 1.165) is 29.9 Å². The molecule has 0 amide bonds. The van der Waals surface area contributed by atoms with Crippen LogP contribution in [0.25, 0.3) is 0 Å². The normalized spacial score (nSPS) is 9.88. The van der Waals surface area contributed by atoms with Crippen molar-refractivity contribution >= 4 is 5.69 Å². The molecule has 0 fully saturated rings. The van der Waals surface area contributed by atoms with E-state index in [1.807, 2.05) is 41.3 Å². The van der Waals surface area contributed by atoms with Gasteiger partial charge in [-0.05, 0) is 25.1 Å². The summed E-state index contributed by atoms with van der Waals surface area (Å²) in [5, 5.41) is 7.55. The Morgan fingerprint density at radius 2 is 2.35 bits per heavy atom. The van der Waals surface area contributed by atoms with Crippen LogP contribution in [-0.2, 0) is 13.1 Å². The Kier molecular flexibility index (Phi) is 3.46. The standard InChI is InChI=1S/C14H15N3/c1-3-12-6-5-7-14(8-12)15-9-13-10-16-17(4-2)11-13/h1,5-8,10-11,15H,4,9H2,2H3. The zero-order valence-electron chi connectivity index (χ0n) is 9.85. The molecule has 2 aromatic rings. The van der Waals surface area contributed by atoms with E-state index in [0.29, 0.717) is 0 Å². The quantitative estimate of drug-likeness (QED) is 0.810. The summed E-state index contributed by atoms with van der Waals surface area (Å²) in [5.41, 5.74) is 3.09. The highest BCUT2D eigenvalue weighted by atomic mass is 15.3. The van der Waals surface area contributed by atoms with Crippen LogP contribution >= 0.6 is 0 Å². The van der Waals surface area contributed by atoms with Crippen LogP contribution in [0.2, 0.25) is 0 Å². The summed E-state index contributed by atoms with van der Waals surface area (Å²) in [6, 6.07) is 7.84. The molecule has 1 aromatic heterocycles. The molecule has 0 spiro atoms. The average Bonchev–Trinajstić information content (AvgIpc) is 2.84. The van der Waals surface area contributed by atoms with Gasteiger partial charge in [-0.25, -0.2) is 0 Å². The van der Waals surface area contributed by atoms with E-state index in [-0.39, 0.29) is 0 Å². The van der Waals surface area contributed by atoms with Crippen molar-refractivity contribution in [3.05, 3.63) is 47.8 Å². The van der Waals surface area contributed by atoms with E-state index >= 15 is 0 Å². The molecule has 17 heavy (non-hydrogen) atoms. The summed E-state index contributed by atoms with van der Waals surface area (Å²) in [5.74, 6) is 2.62. The second-order valence-electron chi connectivity index (χ2n) is 3.78. The molecule has 86 valence electrons. The monoisotopic (exact) mass is 225 g/mol. The van der Waals surface area contributed by atoms with Gasteiger partial charge in [-0.2, -0.15) is 5.10 Å². The van der Waals surface area contributed by atoms with Crippen molar-refractivity contribution in [1.29, 1.82) is 0 Å². The molecule has 0 bridgehead atoms. The van der Waals surface area contributed by atoms with Gasteiger partial charge in [0, 0.05) is 36.1 Å². The molecule has 0 atom stereocenters. The molecule has 1 heterocycles. The summed E-state index contributed by atoms with van der Waals surface area (Å²) in [6.45, 7) is 3.72. The van der Waals surface area contributed by atoms with Crippen molar-refractivity contribution in [2.75, 3.05) is 5.32 Å². The molecule has 0 aliphatic heterocycles. The molecule has 0 saturated heterocycles. The van der Waals surface area contributed by atoms with E-state index in [1.54, 1.807) is 0 Å². The average molecular weight is 225 g/mol. The highest BCUT2D eigenvalue weighted by Crippen LogP contribution is 2.11. The second-order valence-corrected chi connectivity index (χ2v) is 3.78. The van der Waals surface area contributed by atoms with Gasteiger partial charge in [0.05, 0.1) is 6.20 Å². The summed E-state index contributed by atoms with van der Waals surface area (Å²) in [7, 11) is 0. The minimum atomic E-state index is 0.758. The first-order valence-electron chi connectivity index (χ1n) is 5.63. The number of aromatic nitrogens is 2. The number of hydrogen-bond acceptors (Lipinski definition) is 2. The first kappa shape index (κ1) is 11.3. The van der Waals surface area contributed by atoms with Crippen molar-refractivity contribution in [3.63, 3.8) is 0 Å². The maximum atomic E-state index is 5.36. The third kappa shape index (κ3) is 2.88. The Morgan fingerprint density at radius 3 is 3.06 bits per heavy atom. The van der Waals surface area contributed by atoms with Crippen LogP contribution in [0.15, 0.2) is 36.7 Å². The zero-order chi connectivity index (χ0) is 12.1. The fourth-order valence-electron chi connectivity index (χ4n) is 1.59. The first-order chi connectivity index (χ1) is 8.31. The molecule has 1 aromatic carbocycles. The van der Waals surface area contributed by atoms with Gasteiger partial charge in [0.25, 0.3) is 0 Å². The van der Waals surface area contributed by atoms with Gasteiger partial charge in [-0.1, -0.05) is 12.0 Å². The van der Waals surface area contributed by atoms with Gasteiger partial charge < -0.3 is 5.32 Å². The molecular weight excluding hydrogens is 210 g/mol. The minimum Gasteiger partial charge on any atom is -0.381 e. The maximum Gasteiger partial charge on any atom is 0.0539 e. The van der Waals surface area contributed by atoms with Gasteiger partial charge in [0.15, 0.2) is 0 Å². The van der Waals surface area contributed by atoms with Crippen LogP contribution in [0, 0.1) is 12.3 Å². The minimum absolute atomic E-state index is 0.758. The maximum absolute atomic E-state index is 5.36. The molecule has 3 nitrogen and oxygen atoms in total. The molecule has 3 heteroatoms. The molecule has 0 aliphatic rings. The van der Waals surface area contributed by atoms with Gasteiger partial charge in [0.1, 0.15) is 0 Å². The SMILES string of the molecule is C#Cc1cccc(NCc2cnn(CC)c2)c1. The van der Waals surface area contributed by atoms with Crippen molar-refractivity contribution in [2.45, 2.75) is 20.0 Å². The smallest absolute Gasteiger partial charge is 0.0539 e. The lowest BCUT2D eigenvalue weighted by atomic mass is 10.2. The van der Waals surface area contributed by atoms with Crippen molar-refractivity contribution < 1.29 is 0 Å². The Hall–Kier alpha value is -2.21. The summed E-state index contributed by atoms with van der Waals surface area (Å²) >= 11 is 0. The van der Waals surface area contributed by atoms with Gasteiger partial charge in [-0.15, -0.1) is 6.42 Å². The summed E-state index contributed by atoms with van der Waals surface area (Å²) in [4.78, 5) is 0. The van der Waals surface area contributed by atoms with E-state index in [2.05, 4.69) is 23.3 Å². The first-order valence-corrected chi connectivity index (χ1v) is 5.63. The third-order valence-corrected chi connectivity index (χ3v) is 2.54. The summed E-state index contributed by atoms with van der Waals surface area (Å²) in [6.07, 6.45) is 9.27. The second kappa shape index (κ2) is 5.22. The Balaban J connectivity index is 1.99. The Labute approximate surface area is 101 Å².